The van der Waals surface area contributed by atoms with E-state index in [1.807, 2.05) is 0 Å². The molecular formula is C15H20N2O5S. The lowest BCUT2D eigenvalue weighted by Crippen LogP contribution is -2.36. The second-order valence-electron chi connectivity index (χ2n) is 5.45. The minimum atomic E-state index is -0.924. The highest BCUT2D eigenvalue weighted by Crippen LogP contribution is 2.31. The largest absolute Gasteiger partial charge is 0.481 e. The zero-order valence-electron chi connectivity index (χ0n) is 12.9. The topological polar surface area (TPSA) is 106 Å². The summed E-state index contributed by atoms with van der Waals surface area (Å²) in [6.45, 7) is 2.04. The summed E-state index contributed by atoms with van der Waals surface area (Å²) >= 11 is 1.21. The molecule has 2 atom stereocenters. The van der Waals surface area contributed by atoms with Gasteiger partial charge in [0.2, 0.25) is 5.91 Å². The van der Waals surface area contributed by atoms with E-state index < -0.39 is 17.8 Å². The minimum Gasteiger partial charge on any atom is -0.481 e. The van der Waals surface area contributed by atoms with E-state index in [4.69, 9.17) is 4.74 Å². The number of ether oxygens (including phenoxy) is 1. The van der Waals surface area contributed by atoms with Crippen molar-refractivity contribution >= 4 is 34.3 Å². The van der Waals surface area contributed by atoms with Gasteiger partial charge in [0.05, 0.1) is 30.6 Å². The van der Waals surface area contributed by atoms with Gasteiger partial charge in [0, 0.05) is 5.38 Å². The first-order chi connectivity index (χ1) is 11.0. The van der Waals surface area contributed by atoms with Gasteiger partial charge in [-0.2, -0.15) is 0 Å². The highest BCUT2D eigenvalue weighted by molar-refractivity contribution is 7.13. The van der Waals surface area contributed by atoms with E-state index in [1.165, 1.54) is 11.3 Å². The Kier molecular flexibility index (Phi) is 6.09. The Labute approximate surface area is 138 Å². The molecule has 23 heavy (non-hydrogen) atoms. The van der Waals surface area contributed by atoms with Gasteiger partial charge < -0.3 is 15.2 Å². The maximum atomic E-state index is 12.3. The molecule has 0 spiro atoms. The number of aliphatic carboxylic acids is 1. The molecule has 1 heterocycles. The number of anilines is 1. The predicted molar refractivity (Wildman–Crippen MR) is 84.2 cm³/mol. The summed E-state index contributed by atoms with van der Waals surface area (Å²) in [6.07, 6.45) is 2.85. The molecule has 0 radical (unpaired) electrons. The van der Waals surface area contributed by atoms with Crippen LogP contribution in [0.15, 0.2) is 5.38 Å². The van der Waals surface area contributed by atoms with Crippen molar-refractivity contribution in [1.82, 2.24) is 4.98 Å². The maximum absolute atomic E-state index is 12.3. The zero-order valence-corrected chi connectivity index (χ0v) is 13.7. The first-order valence-corrected chi connectivity index (χ1v) is 8.53. The molecule has 0 bridgehead atoms. The van der Waals surface area contributed by atoms with Crippen LogP contribution in [0.25, 0.3) is 0 Å². The highest BCUT2D eigenvalue weighted by atomic mass is 32.1. The van der Waals surface area contributed by atoms with Crippen molar-refractivity contribution in [2.24, 2.45) is 11.8 Å². The van der Waals surface area contributed by atoms with Crippen molar-refractivity contribution in [1.29, 1.82) is 0 Å². The number of carbonyl (C=O) groups is 3. The summed E-state index contributed by atoms with van der Waals surface area (Å²) < 4.78 is 4.84. The summed E-state index contributed by atoms with van der Waals surface area (Å²) in [5.74, 6) is -2.77. The number of carboxylic acids is 1. The van der Waals surface area contributed by atoms with Gasteiger partial charge in [-0.3, -0.25) is 14.4 Å². The molecule has 126 valence electrons. The molecule has 1 aromatic heterocycles. The molecule has 2 N–H and O–H groups in total. The minimum absolute atomic E-state index is 0.0569. The fourth-order valence-electron chi connectivity index (χ4n) is 2.74. The molecular weight excluding hydrogens is 320 g/mol. The van der Waals surface area contributed by atoms with E-state index in [0.717, 1.165) is 12.8 Å². The van der Waals surface area contributed by atoms with Crippen LogP contribution in [0.1, 0.15) is 38.3 Å². The molecule has 1 saturated carbocycles. The third-order valence-electron chi connectivity index (χ3n) is 3.83. The third-order valence-corrected chi connectivity index (χ3v) is 4.64. The normalized spacial score (nSPS) is 20.7. The van der Waals surface area contributed by atoms with Crippen LogP contribution in [-0.4, -0.2) is 34.5 Å². The van der Waals surface area contributed by atoms with Crippen molar-refractivity contribution in [2.45, 2.75) is 39.0 Å². The first-order valence-electron chi connectivity index (χ1n) is 7.65. The van der Waals surface area contributed by atoms with Gasteiger partial charge in [0.1, 0.15) is 0 Å². The van der Waals surface area contributed by atoms with Crippen LogP contribution in [0.3, 0.4) is 0 Å². The Bertz CT molecular complexity index is 586. The predicted octanol–water partition coefficient (Wildman–Crippen LogP) is 2.08. The maximum Gasteiger partial charge on any atom is 0.311 e. The van der Waals surface area contributed by atoms with Crippen LogP contribution in [0.2, 0.25) is 0 Å². The van der Waals surface area contributed by atoms with E-state index in [9.17, 15) is 19.5 Å². The summed E-state index contributed by atoms with van der Waals surface area (Å²) in [5.41, 5.74) is 0.530. The van der Waals surface area contributed by atoms with Crippen molar-refractivity contribution in [3.8, 4) is 0 Å². The fraction of sp³-hybridized carbons (Fsp3) is 0.600. The van der Waals surface area contributed by atoms with E-state index in [2.05, 4.69) is 10.3 Å². The number of hydrogen-bond acceptors (Lipinski definition) is 6. The number of thiazole rings is 1. The van der Waals surface area contributed by atoms with Crippen LogP contribution in [0.5, 0.6) is 0 Å². The van der Waals surface area contributed by atoms with Gasteiger partial charge in [-0.1, -0.05) is 12.8 Å². The number of hydrogen-bond donors (Lipinski definition) is 2. The smallest absolute Gasteiger partial charge is 0.311 e. The molecule has 0 aliphatic heterocycles. The first kappa shape index (κ1) is 17.4. The lowest BCUT2D eigenvalue weighted by Gasteiger charge is -2.26. The van der Waals surface area contributed by atoms with Gasteiger partial charge in [-0.25, -0.2) is 4.98 Å². The van der Waals surface area contributed by atoms with E-state index in [-0.39, 0.29) is 18.3 Å². The number of esters is 1. The fourth-order valence-corrected chi connectivity index (χ4v) is 3.46. The quantitative estimate of drug-likeness (QED) is 0.768. The van der Waals surface area contributed by atoms with Crippen molar-refractivity contribution < 1.29 is 24.2 Å². The Balaban J connectivity index is 1.96. The van der Waals surface area contributed by atoms with Crippen LogP contribution in [0, 0.1) is 11.8 Å². The van der Waals surface area contributed by atoms with E-state index >= 15 is 0 Å². The summed E-state index contributed by atoms with van der Waals surface area (Å²) in [5, 5.41) is 14.0. The highest BCUT2D eigenvalue weighted by Gasteiger charge is 2.35. The molecule has 8 heteroatoms. The van der Waals surface area contributed by atoms with Gasteiger partial charge in [0.15, 0.2) is 5.13 Å². The molecule has 7 nitrogen and oxygen atoms in total. The van der Waals surface area contributed by atoms with E-state index in [0.29, 0.717) is 30.3 Å². The second kappa shape index (κ2) is 8.05. The second-order valence-corrected chi connectivity index (χ2v) is 6.31. The average Bonchev–Trinajstić information content (AvgIpc) is 2.94. The average molecular weight is 340 g/mol. The van der Waals surface area contributed by atoms with Crippen molar-refractivity contribution in [3.63, 3.8) is 0 Å². The molecule has 1 aliphatic carbocycles. The molecule has 2 rings (SSSR count). The Hall–Kier alpha value is -1.96. The molecule has 1 fully saturated rings. The Morgan fingerprint density at radius 3 is 2.70 bits per heavy atom. The summed E-state index contributed by atoms with van der Waals surface area (Å²) in [4.78, 5) is 39.2. The molecule has 0 unspecified atom stereocenters. The van der Waals surface area contributed by atoms with Gasteiger partial charge in [0.25, 0.3) is 0 Å². The molecule has 1 amide bonds. The number of carboxylic acid groups (broad SMARTS) is 1. The van der Waals surface area contributed by atoms with E-state index in [1.54, 1.807) is 12.3 Å². The number of nitrogens with one attached hydrogen (secondary N) is 1. The monoisotopic (exact) mass is 340 g/mol. The van der Waals surface area contributed by atoms with Gasteiger partial charge >= 0.3 is 11.9 Å². The lowest BCUT2D eigenvalue weighted by molar-refractivity contribution is -0.147. The number of amides is 1. The number of nitrogens with zero attached hydrogens (tertiary/aromatic N) is 1. The number of carbonyl (C=O) groups excluding carboxylic acids is 2. The van der Waals surface area contributed by atoms with Crippen molar-refractivity contribution in [2.75, 3.05) is 11.9 Å². The van der Waals surface area contributed by atoms with Crippen LogP contribution < -0.4 is 5.32 Å². The SMILES string of the molecule is CCOC(=O)Cc1csc(NC(=O)[C@H]2CCCC[C@H]2C(=O)O)n1. The van der Waals surface area contributed by atoms with Crippen molar-refractivity contribution in [3.05, 3.63) is 11.1 Å². The van der Waals surface area contributed by atoms with Crippen LogP contribution in [0.4, 0.5) is 5.13 Å². The van der Waals surface area contributed by atoms with Crippen LogP contribution in [-0.2, 0) is 25.5 Å². The Morgan fingerprint density at radius 1 is 1.35 bits per heavy atom. The molecule has 0 aromatic carbocycles. The number of rotatable bonds is 6. The Morgan fingerprint density at radius 2 is 2.04 bits per heavy atom. The summed E-state index contributed by atoms with van der Waals surface area (Å²) in [6, 6.07) is 0. The van der Waals surface area contributed by atoms with Crippen LogP contribution >= 0.6 is 11.3 Å². The van der Waals surface area contributed by atoms with Gasteiger partial charge in [-0.15, -0.1) is 11.3 Å². The summed E-state index contributed by atoms with van der Waals surface area (Å²) in [7, 11) is 0. The van der Waals surface area contributed by atoms with Gasteiger partial charge in [-0.05, 0) is 19.8 Å². The number of aromatic nitrogens is 1. The molecule has 0 saturated heterocycles. The molecule has 1 aromatic rings. The third kappa shape index (κ3) is 4.75. The molecule has 1 aliphatic rings. The lowest BCUT2D eigenvalue weighted by atomic mass is 9.79. The standard InChI is InChI=1S/C15H20N2O5S/c1-2-22-12(18)7-9-8-23-15(16-9)17-13(19)10-5-3-4-6-11(10)14(20)21/h8,10-11H,2-7H2,1H3,(H,20,21)(H,16,17,19)/t10-,11+/m0/s1. The zero-order chi connectivity index (χ0) is 16.8.